The minimum absolute atomic E-state index is 0.632. The van der Waals surface area contributed by atoms with Crippen molar-refractivity contribution >= 4 is 17.2 Å². The van der Waals surface area contributed by atoms with Gasteiger partial charge in [-0.2, -0.15) is 0 Å². The van der Waals surface area contributed by atoms with Crippen molar-refractivity contribution < 1.29 is 9.47 Å². The van der Waals surface area contributed by atoms with Crippen molar-refractivity contribution in [3.63, 3.8) is 0 Å². The van der Waals surface area contributed by atoms with Crippen LogP contribution in [0, 0.1) is 0 Å². The summed E-state index contributed by atoms with van der Waals surface area (Å²) in [5.41, 5.74) is 1.84. The Morgan fingerprint density at radius 2 is 1.88 bits per heavy atom. The average molecular weight is 251 g/mol. The third-order valence-corrected chi connectivity index (χ3v) is 2.78. The predicted molar refractivity (Wildman–Crippen MR) is 66.8 cm³/mol. The lowest BCUT2D eigenvalue weighted by molar-refractivity contribution is 0.394. The topological polar surface area (TPSA) is 56.3 Å². The third-order valence-electron chi connectivity index (χ3n) is 2.23. The summed E-state index contributed by atoms with van der Waals surface area (Å²) >= 11 is 1.34. The summed E-state index contributed by atoms with van der Waals surface area (Å²) < 4.78 is 14.2. The maximum Gasteiger partial charge on any atom is 0.124 e. The number of anilines is 1. The van der Waals surface area contributed by atoms with E-state index < -0.39 is 0 Å². The molecule has 90 valence electrons. The lowest BCUT2D eigenvalue weighted by Crippen LogP contribution is -2.00. The predicted octanol–water partition coefficient (Wildman–Crippen LogP) is 2.17. The fraction of sp³-hybridized carbons (Fsp3) is 0.273. The number of hydrogen-bond donors (Lipinski definition) is 1. The van der Waals surface area contributed by atoms with Crippen LogP contribution in [-0.4, -0.2) is 23.8 Å². The molecule has 0 aliphatic carbocycles. The van der Waals surface area contributed by atoms with E-state index in [2.05, 4.69) is 14.9 Å². The van der Waals surface area contributed by atoms with Crippen molar-refractivity contribution in [2.45, 2.75) is 6.54 Å². The Hall–Kier alpha value is -1.82. The second-order valence-electron chi connectivity index (χ2n) is 3.35. The molecule has 0 saturated heterocycles. The highest BCUT2D eigenvalue weighted by atomic mass is 32.1. The Balaban J connectivity index is 2.09. The SMILES string of the molecule is COc1cc(NCc2csnn2)cc(OC)c1. The molecular formula is C11H13N3O2S. The number of methoxy groups -OCH3 is 2. The number of rotatable bonds is 5. The Morgan fingerprint density at radius 1 is 1.18 bits per heavy atom. The second kappa shape index (κ2) is 5.49. The van der Waals surface area contributed by atoms with Crippen molar-refractivity contribution in [2.24, 2.45) is 0 Å². The molecule has 0 saturated carbocycles. The third kappa shape index (κ3) is 3.07. The number of nitrogens with one attached hydrogen (secondary N) is 1. The minimum Gasteiger partial charge on any atom is -0.497 e. The summed E-state index contributed by atoms with van der Waals surface area (Å²) in [5, 5.41) is 9.11. The zero-order valence-corrected chi connectivity index (χ0v) is 10.5. The average Bonchev–Trinajstić information content (AvgIpc) is 2.89. The van der Waals surface area contributed by atoms with Gasteiger partial charge < -0.3 is 14.8 Å². The van der Waals surface area contributed by atoms with Crippen LogP contribution < -0.4 is 14.8 Å². The van der Waals surface area contributed by atoms with Crippen molar-refractivity contribution in [1.82, 2.24) is 9.59 Å². The summed E-state index contributed by atoms with van der Waals surface area (Å²) in [5.74, 6) is 1.51. The highest BCUT2D eigenvalue weighted by Gasteiger charge is 2.02. The second-order valence-corrected chi connectivity index (χ2v) is 3.96. The molecule has 1 aromatic carbocycles. The van der Waals surface area contributed by atoms with E-state index in [-0.39, 0.29) is 0 Å². The van der Waals surface area contributed by atoms with Gasteiger partial charge in [-0.3, -0.25) is 0 Å². The largest absolute Gasteiger partial charge is 0.497 e. The van der Waals surface area contributed by atoms with Gasteiger partial charge in [0.2, 0.25) is 0 Å². The molecule has 1 N–H and O–H groups in total. The molecule has 17 heavy (non-hydrogen) atoms. The maximum atomic E-state index is 5.19. The van der Waals surface area contributed by atoms with Gasteiger partial charge >= 0.3 is 0 Å². The van der Waals surface area contributed by atoms with Crippen LogP contribution in [0.5, 0.6) is 11.5 Å². The van der Waals surface area contributed by atoms with E-state index in [9.17, 15) is 0 Å². The Bertz CT molecular complexity index is 451. The summed E-state index contributed by atoms with van der Waals surface area (Å²) in [6.45, 7) is 0.632. The first-order chi connectivity index (χ1) is 8.31. The monoisotopic (exact) mass is 251 g/mol. The van der Waals surface area contributed by atoms with E-state index in [4.69, 9.17) is 9.47 Å². The fourth-order valence-corrected chi connectivity index (χ4v) is 1.81. The number of benzene rings is 1. The first kappa shape index (κ1) is 11.7. The fourth-order valence-electron chi connectivity index (χ4n) is 1.36. The number of hydrogen-bond acceptors (Lipinski definition) is 6. The van der Waals surface area contributed by atoms with Crippen LogP contribution >= 0.6 is 11.5 Å². The molecule has 0 atom stereocenters. The maximum absolute atomic E-state index is 5.19. The molecule has 2 rings (SSSR count). The van der Waals surface area contributed by atoms with Crippen LogP contribution in [0.1, 0.15) is 5.69 Å². The molecule has 0 amide bonds. The lowest BCUT2D eigenvalue weighted by Gasteiger charge is -2.09. The number of nitrogens with zero attached hydrogens (tertiary/aromatic N) is 2. The van der Waals surface area contributed by atoms with Crippen molar-refractivity contribution in [1.29, 1.82) is 0 Å². The number of ether oxygens (including phenoxy) is 2. The van der Waals surface area contributed by atoms with E-state index in [1.165, 1.54) is 11.5 Å². The normalized spacial score (nSPS) is 10.0. The van der Waals surface area contributed by atoms with Crippen molar-refractivity contribution in [3.8, 4) is 11.5 Å². The highest BCUT2D eigenvalue weighted by molar-refractivity contribution is 7.03. The van der Waals surface area contributed by atoms with Gasteiger partial charge in [0.15, 0.2) is 0 Å². The molecule has 1 heterocycles. The van der Waals surface area contributed by atoms with E-state index in [1.807, 2.05) is 23.6 Å². The summed E-state index contributed by atoms with van der Waals surface area (Å²) in [7, 11) is 3.26. The minimum atomic E-state index is 0.632. The molecule has 0 fully saturated rings. The van der Waals surface area contributed by atoms with Crippen LogP contribution in [0.25, 0.3) is 0 Å². The van der Waals surface area contributed by atoms with Gasteiger partial charge in [-0.25, -0.2) is 0 Å². The molecular weight excluding hydrogens is 238 g/mol. The molecule has 0 unspecified atom stereocenters. The van der Waals surface area contributed by atoms with Crippen LogP contribution in [-0.2, 0) is 6.54 Å². The van der Waals surface area contributed by atoms with Gasteiger partial charge in [-0.1, -0.05) is 4.49 Å². The van der Waals surface area contributed by atoms with Crippen LogP contribution in [0.15, 0.2) is 23.6 Å². The standard InChI is InChI=1S/C11H13N3O2S/c1-15-10-3-8(4-11(5-10)16-2)12-6-9-7-17-14-13-9/h3-5,7,12H,6H2,1-2H3. The molecule has 0 spiro atoms. The highest BCUT2D eigenvalue weighted by Crippen LogP contribution is 2.25. The van der Waals surface area contributed by atoms with Gasteiger partial charge in [-0.05, 0) is 11.5 Å². The molecule has 5 nitrogen and oxygen atoms in total. The van der Waals surface area contributed by atoms with Gasteiger partial charge in [0, 0.05) is 29.3 Å². The van der Waals surface area contributed by atoms with Gasteiger partial charge in [0.25, 0.3) is 0 Å². The van der Waals surface area contributed by atoms with E-state index >= 15 is 0 Å². The van der Waals surface area contributed by atoms with E-state index in [0.717, 1.165) is 22.9 Å². The number of aromatic nitrogens is 2. The Morgan fingerprint density at radius 3 is 2.41 bits per heavy atom. The molecule has 2 aromatic rings. The summed E-state index contributed by atoms with van der Waals surface area (Å²) in [6.07, 6.45) is 0. The summed E-state index contributed by atoms with van der Waals surface area (Å²) in [6, 6.07) is 5.64. The van der Waals surface area contributed by atoms with Crippen molar-refractivity contribution in [3.05, 3.63) is 29.3 Å². The zero-order chi connectivity index (χ0) is 12.1. The Labute approximate surface area is 104 Å². The molecule has 6 heteroatoms. The first-order valence-corrected chi connectivity index (χ1v) is 5.88. The van der Waals surface area contributed by atoms with Gasteiger partial charge in [-0.15, -0.1) is 5.10 Å². The van der Waals surface area contributed by atoms with Gasteiger partial charge in [0.1, 0.15) is 11.5 Å². The molecule has 0 aliphatic rings. The summed E-state index contributed by atoms with van der Waals surface area (Å²) in [4.78, 5) is 0. The van der Waals surface area contributed by atoms with Crippen molar-refractivity contribution in [2.75, 3.05) is 19.5 Å². The molecule has 0 bridgehead atoms. The Kier molecular flexibility index (Phi) is 3.77. The molecule has 0 radical (unpaired) electrons. The first-order valence-electron chi connectivity index (χ1n) is 5.04. The smallest absolute Gasteiger partial charge is 0.124 e. The quantitative estimate of drug-likeness (QED) is 0.882. The lowest BCUT2D eigenvalue weighted by atomic mass is 10.2. The van der Waals surface area contributed by atoms with Crippen LogP contribution in [0.2, 0.25) is 0 Å². The van der Waals surface area contributed by atoms with E-state index in [1.54, 1.807) is 14.2 Å². The van der Waals surface area contributed by atoms with Crippen LogP contribution in [0.3, 0.4) is 0 Å². The molecule has 0 aliphatic heterocycles. The van der Waals surface area contributed by atoms with Gasteiger partial charge in [0.05, 0.1) is 26.5 Å². The van der Waals surface area contributed by atoms with Crippen LogP contribution in [0.4, 0.5) is 5.69 Å². The van der Waals surface area contributed by atoms with E-state index in [0.29, 0.717) is 6.54 Å². The molecule has 1 aromatic heterocycles. The zero-order valence-electron chi connectivity index (χ0n) is 9.64.